The Morgan fingerprint density at radius 3 is 2.31 bits per heavy atom. The number of hydrogen-bond donors (Lipinski definition) is 0. The van der Waals surface area contributed by atoms with Gasteiger partial charge in [0.1, 0.15) is 0 Å². The van der Waals surface area contributed by atoms with E-state index in [1.807, 2.05) is 0 Å². The summed E-state index contributed by atoms with van der Waals surface area (Å²) in [6.45, 7) is 8.79. The van der Waals surface area contributed by atoms with Crippen molar-refractivity contribution in [2.24, 2.45) is 0 Å². The minimum absolute atomic E-state index is 1.26. The number of hydrogen-bond acceptors (Lipinski definition) is 2. The van der Waals surface area contributed by atoms with Crippen molar-refractivity contribution in [3.8, 4) is 0 Å². The summed E-state index contributed by atoms with van der Waals surface area (Å²) in [6, 6.07) is 0. The minimum atomic E-state index is 1.26. The van der Waals surface area contributed by atoms with E-state index in [1.165, 1.54) is 77.7 Å². The largest absolute Gasteiger partial charge is 0.305 e. The van der Waals surface area contributed by atoms with E-state index in [2.05, 4.69) is 23.8 Å². The van der Waals surface area contributed by atoms with Crippen LogP contribution in [-0.4, -0.2) is 49.6 Å². The molecule has 1 saturated heterocycles. The van der Waals surface area contributed by atoms with Gasteiger partial charge in [-0.1, -0.05) is 32.6 Å². The third-order valence-corrected chi connectivity index (χ3v) is 3.64. The molecule has 2 nitrogen and oxygen atoms in total. The van der Waals surface area contributed by atoms with Gasteiger partial charge in [-0.05, 0) is 45.9 Å². The maximum absolute atomic E-state index is 2.60. The fourth-order valence-electron chi connectivity index (χ4n) is 2.42. The second-order valence-electron chi connectivity index (χ2n) is 5.27. The maximum atomic E-state index is 2.60. The number of nitrogens with zero attached hydrogens (tertiary/aromatic N) is 2. The van der Waals surface area contributed by atoms with Gasteiger partial charge in [-0.2, -0.15) is 0 Å². The van der Waals surface area contributed by atoms with Crippen LogP contribution < -0.4 is 0 Å². The Kier molecular flexibility index (Phi) is 7.87. The first-order valence-corrected chi connectivity index (χ1v) is 7.24. The summed E-state index contributed by atoms with van der Waals surface area (Å²) in [5, 5.41) is 0. The van der Waals surface area contributed by atoms with Crippen molar-refractivity contribution in [3.63, 3.8) is 0 Å². The van der Waals surface area contributed by atoms with E-state index < -0.39 is 0 Å². The van der Waals surface area contributed by atoms with E-state index in [0.29, 0.717) is 0 Å². The number of likely N-dealkylation sites (N-methyl/N-ethyl adjacent to an activating group) is 1. The molecule has 0 aromatic carbocycles. The Labute approximate surface area is 102 Å². The van der Waals surface area contributed by atoms with Crippen LogP contribution >= 0.6 is 0 Å². The molecular formula is C14H30N2. The van der Waals surface area contributed by atoms with Crippen molar-refractivity contribution in [2.75, 3.05) is 39.8 Å². The van der Waals surface area contributed by atoms with Gasteiger partial charge < -0.3 is 9.80 Å². The lowest BCUT2D eigenvalue weighted by Crippen LogP contribution is -2.31. The van der Waals surface area contributed by atoms with Gasteiger partial charge in [0.15, 0.2) is 0 Å². The third kappa shape index (κ3) is 6.49. The van der Waals surface area contributed by atoms with Crippen LogP contribution in [0, 0.1) is 0 Å². The topological polar surface area (TPSA) is 6.48 Å². The summed E-state index contributed by atoms with van der Waals surface area (Å²) in [5.41, 5.74) is 0. The molecule has 0 atom stereocenters. The van der Waals surface area contributed by atoms with Gasteiger partial charge in [0, 0.05) is 13.1 Å². The van der Waals surface area contributed by atoms with E-state index in [4.69, 9.17) is 0 Å². The van der Waals surface area contributed by atoms with E-state index >= 15 is 0 Å². The summed E-state index contributed by atoms with van der Waals surface area (Å²) in [7, 11) is 2.27. The lowest BCUT2D eigenvalue weighted by molar-refractivity contribution is 0.253. The Morgan fingerprint density at radius 1 is 0.938 bits per heavy atom. The molecule has 0 unspecified atom stereocenters. The smallest absolute Gasteiger partial charge is 0.0109 e. The average molecular weight is 226 g/mol. The van der Waals surface area contributed by atoms with Crippen LogP contribution in [-0.2, 0) is 0 Å². The Hall–Kier alpha value is -0.0800. The normalized spacial score (nSPS) is 17.4. The van der Waals surface area contributed by atoms with Crippen LogP contribution in [0.3, 0.4) is 0 Å². The predicted molar refractivity (Wildman–Crippen MR) is 71.9 cm³/mol. The SMILES string of the molecule is CCCCCCCN(C)CCN1CCCC1. The predicted octanol–water partition coefficient (Wildman–Crippen LogP) is 2.98. The van der Waals surface area contributed by atoms with E-state index in [-0.39, 0.29) is 0 Å². The first kappa shape index (κ1) is 14.0. The fraction of sp³-hybridized carbons (Fsp3) is 1.00. The summed E-state index contributed by atoms with van der Waals surface area (Å²) in [6.07, 6.45) is 9.83. The van der Waals surface area contributed by atoms with Crippen LogP contribution in [0.15, 0.2) is 0 Å². The highest BCUT2D eigenvalue weighted by molar-refractivity contribution is 4.67. The lowest BCUT2D eigenvalue weighted by atomic mass is 10.1. The van der Waals surface area contributed by atoms with Crippen LogP contribution in [0.25, 0.3) is 0 Å². The lowest BCUT2D eigenvalue weighted by Gasteiger charge is -2.21. The molecule has 16 heavy (non-hydrogen) atoms. The molecule has 0 aliphatic carbocycles. The molecule has 0 amide bonds. The number of likely N-dealkylation sites (tertiary alicyclic amines) is 1. The monoisotopic (exact) mass is 226 g/mol. The molecule has 0 bridgehead atoms. The van der Waals surface area contributed by atoms with Crippen molar-refractivity contribution in [1.82, 2.24) is 9.80 Å². The first-order chi connectivity index (χ1) is 7.83. The molecule has 1 fully saturated rings. The molecule has 2 heteroatoms. The molecule has 0 radical (unpaired) electrons. The van der Waals surface area contributed by atoms with Crippen LogP contribution in [0.1, 0.15) is 51.9 Å². The fourth-order valence-corrected chi connectivity index (χ4v) is 2.42. The Balaban J connectivity index is 1.87. The van der Waals surface area contributed by atoms with Crippen LogP contribution in [0.2, 0.25) is 0 Å². The summed E-state index contributed by atoms with van der Waals surface area (Å²) in [4.78, 5) is 5.11. The zero-order valence-corrected chi connectivity index (χ0v) is 11.4. The Bertz CT molecular complexity index is 153. The highest BCUT2D eigenvalue weighted by Gasteiger charge is 2.11. The van der Waals surface area contributed by atoms with Crippen molar-refractivity contribution >= 4 is 0 Å². The summed E-state index contributed by atoms with van der Waals surface area (Å²) in [5.74, 6) is 0. The van der Waals surface area contributed by atoms with E-state index in [0.717, 1.165) is 0 Å². The third-order valence-electron chi connectivity index (χ3n) is 3.64. The molecule has 1 heterocycles. The zero-order chi connectivity index (χ0) is 11.6. The number of rotatable bonds is 9. The standard InChI is InChI=1S/C14H30N2/c1-3-4-5-6-7-10-15(2)13-14-16-11-8-9-12-16/h3-14H2,1-2H3. The molecule has 0 aromatic heterocycles. The van der Waals surface area contributed by atoms with Crippen molar-refractivity contribution in [2.45, 2.75) is 51.9 Å². The molecule has 0 saturated carbocycles. The summed E-state index contributed by atoms with van der Waals surface area (Å²) >= 11 is 0. The van der Waals surface area contributed by atoms with Crippen molar-refractivity contribution < 1.29 is 0 Å². The molecule has 0 N–H and O–H groups in total. The highest BCUT2D eigenvalue weighted by atomic mass is 15.2. The van der Waals surface area contributed by atoms with Gasteiger partial charge in [-0.3, -0.25) is 0 Å². The highest BCUT2D eigenvalue weighted by Crippen LogP contribution is 2.07. The van der Waals surface area contributed by atoms with Crippen LogP contribution in [0.5, 0.6) is 0 Å². The second-order valence-corrected chi connectivity index (χ2v) is 5.27. The van der Waals surface area contributed by atoms with Gasteiger partial charge in [0.05, 0.1) is 0 Å². The van der Waals surface area contributed by atoms with Gasteiger partial charge in [0.2, 0.25) is 0 Å². The molecule has 1 rings (SSSR count). The Morgan fingerprint density at radius 2 is 1.62 bits per heavy atom. The minimum Gasteiger partial charge on any atom is -0.305 e. The van der Waals surface area contributed by atoms with Gasteiger partial charge in [0.25, 0.3) is 0 Å². The molecular weight excluding hydrogens is 196 g/mol. The van der Waals surface area contributed by atoms with Gasteiger partial charge >= 0.3 is 0 Å². The van der Waals surface area contributed by atoms with Gasteiger partial charge in [-0.15, -0.1) is 0 Å². The zero-order valence-electron chi connectivity index (χ0n) is 11.4. The van der Waals surface area contributed by atoms with Gasteiger partial charge in [-0.25, -0.2) is 0 Å². The molecule has 96 valence electrons. The molecule has 1 aliphatic rings. The second kappa shape index (κ2) is 9.00. The van der Waals surface area contributed by atoms with Crippen LogP contribution in [0.4, 0.5) is 0 Å². The average Bonchev–Trinajstić information content (AvgIpc) is 2.79. The van der Waals surface area contributed by atoms with E-state index in [9.17, 15) is 0 Å². The first-order valence-electron chi connectivity index (χ1n) is 7.24. The number of unbranched alkanes of at least 4 members (excludes halogenated alkanes) is 4. The molecule has 0 spiro atoms. The maximum Gasteiger partial charge on any atom is 0.0109 e. The van der Waals surface area contributed by atoms with Crippen molar-refractivity contribution in [1.29, 1.82) is 0 Å². The summed E-state index contributed by atoms with van der Waals surface area (Å²) < 4.78 is 0. The molecule has 1 aliphatic heterocycles. The molecule has 0 aromatic rings. The van der Waals surface area contributed by atoms with Crippen molar-refractivity contribution in [3.05, 3.63) is 0 Å². The van der Waals surface area contributed by atoms with E-state index in [1.54, 1.807) is 0 Å². The quantitative estimate of drug-likeness (QED) is 0.558.